The monoisotopic (exact) mass is 167 g/mol. The summed E-state index contributed by atoms with van der Waals surface area (Å²) in [5.74, 6) is -0.435. The van der Waals surface area contributed by atoms with E-state index in [4.69, 9.17) is 10.6 Å². The van der Waals surface area contributed by atoms with Crippen LogP contribution >= 0.6 is 0 Å². The third kappa shape index (κ3) is 1.23. The molecule has 0 heterocycles. The Morgan fingerprint density at radius 1 is 1.75 bits per heavy atom. The summed E-state index contributed by atoms with van der Waals surface area (Å²) in [5, 5.41) is 19.3. The Hall–Kier alpha value is -1.94. The van der Waals surface area contributed by atoms with Gasteiger partial charge in [-0.2, -0.15) is 4.79 Å². The van der Waals surface area contributed by atoms with E-state index < -0.39 is 16.7 Å². The van der Waals surface area contributed by atoms with Crippen molar-refractivity contribution in [3.63, 3.8) is 0 Å². The van der Waals surface area contributed by atoms with E-state index in [1.807, 2.05) is 0 Å². The highest BCUT2D eigenvalue weighted by atomic mass is 16.6. The van der Waals surface area contributed by atoms with Gasteiger partial charge in [0.15, 0.2) is 5.76 Å². The second-order valence-corrected chi connectivity index (χ2v) is 2.16. The van der Waals surface area contributed by atoms with Crippen LogP contribution in [-0.4, -0.2) is 26.6 Å². The lowest BCUT2D eigenvalue weighted by Crippen LogP contribution is -2.32. The van der Waals surface area contributed by atoms with E-state index >= 15 is 0 Å². The Balaban J connectivity index is 3.11. The highest BCUT2D eigenvalue weighted by molar-refractivity contribution is 5.97. The van der Waals surface area contributed by atoms with Crippen molar-refractivity contribution in [2.45, 2.75) is 6.04 Å². The van der Waals surface area contributed by atoms with Crippen molar-refractivity contribution in [3.8, 4) is 0 Å². The van der Waals surface area contributed by atoms with Crippen LogP contribution in [0.5, 0.6) is 0 Å². The van der Waals surface area contributed by atoms with E-state index in [-0.39, 0.29) is 5.71 Å². The van der Waals surface area contributed by atoms with E-state index in [0.717, 1.165) is 0 Å². The van der Waals surface area contributed by atoms with Gasteiger partial charge >= 0.3 is 11.8 Å². The Kier molecular flexibility index (Phi) is 2.02. The van der Waals surface area contributed by atoms with Crippen LogP contribution in [0.15, 0.2) is 24.0 Å². The topological polar surface area (TPSA) is 99.8 Å². The van der Waals surface area contributed by atoms with Gasteiger partial charge in [-0.3, -0.25) is 10.1 Å². The van der Waals surface area contributed by atoms with Crippen molar-refractivity contribution >= 4 is 5.71 Å². The van der Waals surface area contributed by atoms with E-state index in [1.165, 1.54) is 18.2 Å². The molecule has 1 rings (SSSR count). The maximum Gasteiger partial charge on any atom is 0.373 e. The number of aliphatic hydroxyl groups excluding tert-OH is 1. The molecule has 0 aliphatic heterocycles. The molecule has 62 valence electrons. The highest BCUT2D eigenvalue weighted by Gasteiger charge is 2.38. The van der Waals surface area contributed by atoms with Crippen LogP contribution in [0.2, 0.25) is 0 Å². The first-order valence-corrected chi connectivity index (χ1v) is 3.09. The summed E-state index contributed by atoms with van der Waals surface area (Å²) in [5.41, 5.74) is 8.14. The standard InChI is InChI=1S/C6H5N3O3/c7-8-4-2-1-3-5(10)6(4)9(11)12/h1-3,6,10H. The predicted octanol–water partition coefficient (Wildman–Crippen LogP) is 0.314. The minimum atomic E-state index is -1.44. The lowest BCUT2D eigenvalue weighted by molar-refractivity contribution is -0.499. The molecule has 0 saturated carbocycles. The second-order valence-electron chi connectivity index (χ2n) is 2.16. The molecule has 0 radical (unpaired) electrons. The van der Waals surface area contributed by atoms with Gasteiger partial charge in [0.05, 0.1) is 0 Å². The third-order valence-electron chi connectivity index (χ3n) is 1.42. The first kappa shape index (κ1) is 8.16. The maximum absolute atomic E-state index is 10.3. The quantitative estimate of drug-likeness (QED) is 0.263. The number of nitro groups is 1. The van der Waals surface area contributed by atoms with Gasteiger partial charge in [-0.25, -0.2) is 0 Å². The minimum Gasteiger partial charge on any atom is -0.505 e. The number of nitrogens with zero attached hydrogens (tertiary/aromatic N) is 3. The molecule has 1 atom stereocenters. The fraction of sp³-hybridized carbons (Fsp3) is 0.167. The average molecular weight is 167 g/mol. The lowest BCUT2D eigenvalue weighted by atomic mass is 10.1. The number of allylic oxidation sites excluding steroid dienone is 2. The van der Waals surface area contributed by atoms with Gasteiger partial charge in [0.2, 0.25) is 0 Å². The molecule has 0 aromatic heterocycles. The summed E-state index contributed by atoms with van der Waals surface area (Å²) < 4.78 is 0. The maximum atomic E-state index is 10.3. The number of hydrogen-bond acceptors (Lipinski definition) is 3. The number of hydrogen-bond donors (Lipinski definition) is 1. The summed E-state index contributed by atoms with van der Waals surface area (Å²) in [6, 6.07) is -1.44. The van der Waals surface area contributed by atoms with Crippen molar-refractivity contribution < 1.29 is 14.8 Å². The normalized spacial score (nSPS) is 21.5. The first-order valence-electron chi connectivity index (χ1n) is 3.09. The molecular weight excluding hydrogens is 162 g/mol. The van der Waals surface area contributed by atoms with Crippen molar-refractivity contribution in [3.05, 3.63) is 39.6 Å². The Labute approximate surface area is 67.2 Å². The van der Waals surface area contributed by atoms with Crippen LogP contribution in [0.1, 0.15) is 0 Å². The van der Waals surface area contributed by atoms with Crippen LogP contribution in [0.25, 0.3) is 5.53 Å². The van der Waals surface area contributed by atoms with Crippen LogP contribution < -0.4 is 0 Å². The summed E-state index contributed by atoms with van der Waals surface area (Å²) in [6.07, 6.45) is 3.81. The molecule has 0 spiro atoms. The van der Waals surface area contributed by atoms with E-state index in [1.54, 1.807) is 0 Å². The molecule has 0 bridgehead atoms. The number of aliphatic hydroxyl groups is 1. The van der Waals surface area contributed by atoms with Gasteiger partial charge in [0.1, 0.15) is 0 Å². The number of rotatable bonds is 1. The summed E-state index contributed by atoms with van der Waals surface area (Å²) >= 11 is 0. The zero-order chi connectivity index (χ0) is 9.14. The fourth-order valence-corrected chi connectivity index (χ4v) is 0.883. The molecule has 12 heavy (non-hydrogen) atoms. The molecule has 6 nitrogen and oxygen atoms in total. The minimum absolute atomic E-state index is 0.181. The first-order chi connectivity index (χ1) is 5.66. The Bertz CT molecular complexity index is 325. The molecule has 1 unspecified atom stereocenters. The largest absolute Gasteiger partial charge is 0.505 e. The SMILES string of the molecule is [N-]=[N+]=C1C=CC=C(O)C1[N+](=O)[O-]. The van der Waals surface area contributed by atoms with Crippen LogP contribution in [0.3, 0.4) is 0 Å². The van der Waals surface area contributed by atoms with Crippen LogP contribution in [0, 0.1) is 10.1 Å². The second kappa shape index (κ2) is 2.98. The van der Waals surface area contributed by atoms with Gasteiger partial charge in [0.25, 0.3) is 0 Å². The lowest BCUT2D eigenvalue weighted by Gasteiger charge is -2.04. The molecule has 0 aromatic rings. The zero-order valence-corrected chi connectivity index (χ0v) is 5.91. The van der Waals surface area contributed by atoms with Gasteiger partial charge in [-0.05, 0) is 6.08 Å². The predicted molar refractivity (Wildman–Crippen MR) is 39.3 cm³/mol. The molecule has 0 amide bonds. The van der Waals surface area contributed by atoms with Crippen molar-refractivity contribution in [2.75, 3.05) is 0 Å². The van der Waals surface area contributed by atoms with Crippen LogP contribution in [-0.2, 0) is 0 Å². The molecule has 0 fully saturated rings. The highest BCUT2D eigenvalue weighted by Crippen LogP contribution is 2.09. The summed E-state index contributed by atoms with van der Waals surface area (Å²) in [7, 11) is 0. The molecule has 1 aliphatic rings. The van der Waals surface area contributed by atoms with Crippen molar-refractivity contribution in [1.29, 1.82) is 0 Å². The van der Waals surface area contributed by atoms with Gasteiger partial charge in [-0.1, -0.05) is 6.08 Å². The smallest absolute Gasteiger partial charge is 0.373 e. The molecule has 1 N–H and O–H groups in total. The zero-order valence-electron chi connectivity index (χ0n) is 5.91. The molecule has 0 saturated heterocycles. The fourth-order valence-electron chi connectivity index (χ4n) is 0.883. The molecule has 1 aliphatic carbocycles. The van der Waals surface area contributed by atoms with E-state index in [9.17, 15) is 10.1 Å². The summed E-state index contributed by atoms with van der Waals surface area (Å²) in [4.78, 5) is 12.3. The van der Waals surface area contributed by atoms with Crippen molar-refractivity contribution in [1.82, 2.24) is 0 Å². The molecule has 0 aromatic carbocycles. The Morgan fingerprint density at radius 2 is 2.42 bits per heavy atom. The van der Waals surface area contributed by atoms with Crippen LogP contribution in [0.4, 0.5) is 0 Å². The summed E-state index contributed by atoms with van der Waals surface area (Å²) in [6.45, 7) is 0. The third-order valence-corrected chi connectivity index (χ3v) is 1.42. The Morgan fingerprint density at radius 3 is 2.83 bits per heavy atom. The molecule has 6 heteroatoms. The van der Waals surface area contributed by atoms with Gasteiger partial charge in [-0.15, -0.1) is 0 Å². The van der Waals surface area contributed by atoms with E-state index in [2.05, 4.69) is 4.79 Å². The average Bonchev–Trinajstić information content (AvgIpc) is 2.03. The van der Waals surface area contributed by atoms with Gasteiger partial charge in [0, 0.05) is 11.0 Å². The molecular formula is C6H5N3O3. The van der Waals surface area contributed by atoms with Crippen molar-refractivity contribution in [2.24, 2.45) is 0 Å². The van der Waals surface area contributed by atoms with Gasteiger partial charge < -0.3 is 10.6 Å². The van der Waals surface area contributed by atoms with E-state index in [0.29, 0.717) is 0 Å².